The third-order valence-electron chi connectivity index (χ3n) is 3.98. The number of hydrogen-bond donors (Lipinski definition) is 1. The summed E-state index contributed by atoms with van der Waals surface area (Å²) in [6, 6.07) is 15.3. The molecule has 0 saturated carbocycles. The maximum atomic E-state index is 12.3. The van der Waals surface area contributed by atoms with E-state index in [-0.39, 0.29) is 11.5 Å². The van der Waals surface area contributed by atoms with Crippen LogP contribution < -0.4 is 0 Å². The Kier molecular flexibility index (Phi) is 4.45. The maximum absolute atomic E-state index is 12.3. The van der Waals surface area contributed by atoms with Gasteiger partial charge in [-0.15, -0.1) is 10.2 Å². The van der Waals surface area contributed by atoms with Crippen molar-refractivity contribution in [2.45, 2.75) is 12.1 Å². The van der Waals surface area contributed by atoms with E-state index in [1.807, 2.05) is 54.0 Å². The minimum atomic E-state index is 0.0173. The molecule has 0 amide bonds. The Bertz CT molecular complexity index is 1020. The summed E-state index contributed by atoms with van der Waals surface area (Å²) in [6.45, 7) is 1.89. The number of aromatic nitrogens is 4. The van der Waals surface area contributed by atoms with E-state index in [0.717, 1.165) is 17.0 Å². The number of benzene rings is 1. The number of rotatable bonds is 6. The molecule has 0 fully saturated rings. The smallest absolute Gasteiger partial charge is 0.196 e. The number of H-pyrrole nitrogens is 1. The van der Waals surface area contributed by atoms with Crippen molar-refractivity contribution in [2.24, 2.45) is 0 Å². The normalized spacial score (nSPS) is 11.0. The number of furan rings is 1. The summed E-state index contributed by atoms with van der Waals surface area (Å²) in [6.07, 6.45) is 3.38. The Balaban J connectivity index is 1.70. The van der Waals surface area contributed by atoms with E-state index in [0.29, 0.717) is 16.7 Å². The molecule has 4 aromatic rings. The Morgan fingerprint density at radius 2 is 2.00 bits per heavy atom. The van der Waals surface area contributed by atoms with Crippen LogP contribution in [0.2, 0.25) is 0 Å². The fourth-order valence-electron chi connectivity index (χ4n) is 2.68. The number of carbonyl (C=O) groups is 1. The zero-order valence-corrected chi connectivity index (χ0v) is 14.9. The van der Waals surface area contributed by atoms with E-state index >= 15 is 0 Å². The van der Waals surface area contributed by atoms with Gasteiger partial charge in [0, 0.05) is 11.9 Å². The van der Waals surface area contributed by atoms with Gasteiger partial charge in [-0.2, -0.15) is 0 Å². The zero-order chi connectivity index (χ0) is 17.9. The lowest BCUT2D eigenvalue weighted by Gasteiger charge is -2.09. The molecular weight excluding hydrogens is 348 g/mol. The van der Waals surface area contributed by atoms with Crippen molar-refractivity contribution in [1.29, 1.82) is 0 Å². The number of nitrogens with zero attached hydrogens (tertiary/aromatic N) is 3. The van der Waals surface area contributed by atoms with Crippen molar-refractivity contribution >= 4 is 17.5 Å². The first-order chi connectivity index (χ1) is 12.7. The van der Waals surface area contributed by atoms with Gasteiger partial charge in [-0.1, -0.05) is 30.0 Å². The van der Waals surface area contributed by atoms with Gasteiger partial charge in [0.2, 0.25) is 0 Å². The molecule has 0 aliphatic carbocycles. The van der Waals surface area contributed by atoms with Gasteiger partial charge in [-0.3, -0.25) is 9.36 Å². The first-order valence-corrected chi connectivity index (χ1v) is 9.07. The van der Waals surface area contributed by atoms with Crippen LogP contribution in [0.1, 0.15) is 16.2 Å². The number of thioether (sulfide) groups is 1. The molecule has 0 radical (unpaired) electrons. The van der Waals surface area contributed by atoms with Crippen LogP contribution in [0.25, 0.3) is 17.1 Å². The summed E-state index contributed by atoms with van der Waals surface area (Å²) in [7, 11) is 0. The largest absolute Gasteiger partial charge is 0.469 e. The number of aryl methyl sites for hydroxylation is 1. The minimum absolute atomic E-state index is 0.0173. The van der Waals surface area contributed by atoms with Crippen molar-refractivity contribution in [2.75, 3.05) is 5.75 Å². The van der Waals surface area contributed by atoms with E-state index in [2.05, 4.69) is 15.2 Å². The molecule has 0 spiro atoms. The fraction of sp³-hybridized carbons (Fsp3) is 0.105. The van der Waals surface area contributed by atoms with Crippen LogP contribution in [0.4, 0.5) is 0 Å². The first-order valence-electron chi connectivity index (χ1n) is 8.09. The van der Waals surface area contributed by atoms with Crippen LogP contribution in [0.3, 0.4) is 0 Å². The Hall–Kier alpha value is -3.06. The molecule has 1 aromatic carbocycles. The molecule has 0 atom stereocenters. The second kappa shape index (κ2) is 7.05. The quantitative estimate of drug-likeness (QED) is 0.411. The Labute approximate surface area is 154 Å². The summed E-state index contributed by atoms with van der Waals surface area (Å²) < 4.78 is 7.37. The number of ketones is 1. The number of Topliss-reactive ketones (excluding diaryl/α,β-unsaturated/α-hetero) is 1. The second-order valence-electron chi connectivity index (χ2n) is 5.66. The maximum Gasteiger partial charge on any atom is 0.196 e. The van der Waals surface area contributed by atoms with Crippen LogP contribution in [0.15, 0.2) is 70.6 Å². The number of para-hydroxylation sites is 1. The summed E-state index contributed by atoms with van der Waals surface area (Å²) in [5.74, 6) is 1.75. The minimum Gasteiger partial charge on any atom is -0.469 e. The molecule has 7 heteroatoms. The second-order valence-corrected chi connectivity index (χ2v) is 6.61. The van der Waals surface area contributed by atoms with Crippen LogP contribution >= 0.6 is 11.8 Å². The average molecular weight is 364 g/mol. The molecule has 6 nitrogen and oxygen atoms in total. The lowest BCUT2D eigenvalue weighted by Crippen LogP contribution is -2.05. The number of hydrogen-bond acceptors (Lipinski definition) is 5. The highest BCUT2D eigenvalue weighted by Gasteiger charge is 2.20. The molecule has 4 rings (SSSR count). The average Bonchev–Trinajstić information content (AvgIpc) is 3.41. The lowest BCUT2D eigenvalue weighted by molar-refractivity contribution is 0.101. The zero-order valence-electron chi connectivity index (χ0n) is 14.0. The first kappa shape index (κ1) is 16.4. The third-order valence-corrected chi connectivity index (χ3v) is 4.91. The standard InChI is InChI=1S/C19H16N4O2S/c1-13-15(9-11-25-13)18-21-22-19(23(18)14-6-3-2-4-7-14)26-12-17(24)16-8-5-10-20-16/h2-11,20H,12H2,1H3. The molecule has 0 aliphatic rings. The number of aromatic amines is 1. The van der Waals surface area contributed by atoms with Crippen molar-refractivity contribution < 1.29 is 9.21 Å². The SMILES string of the molecule is Cc1occc1-c1nnc(SCC(=O)c2ccc[nH]2)n1-c1ccccc1. The van der Waals surface area contributed by atoms with Crippen LogP contribution in [0, 0.1) is 6.92 Å². The van der Waals surface area contributed by atoms with Gasteiger partial charge in [0.05, 0.1) is 23.3 Å². The summed E-state index contributed by atoms with van der Waals surface area (Å²) >= 11 is 1.36. The van der Waals surface area contributed by atoms with Crippen LogP contribution in [0.5, 0.6) is 0 Å². The van der Waals surface area contributed by atoms with Crippen LogP contribution in [-0.2, 0) is 0 Å². The molecule has 26 heavy (non-hydrogen) atoms. The molecule has 3 heterocycles. The summed E-state index contributed by atoms with van der Waals surface area (Å²) in [4.78, 5) is 15.2. The topological polar surface area (TPSA) is 76.7 Å². The molecule has 0 saturated heterocycles. The van der Waals surface area contributed by atoms with Crippen molar-refractivity contribution in [3.05, 3.63) is 72.4 Å². The highest BCUT2D eigenvalue weighted by Crippen LogP contribution is 2.30. The van der Waals surface area contributed by atoms with Gasteiger partial charge in [-0.25, -0.2) is 0 Å². The number of carbonyl (C=O) groups excluding carboxylic acids is 1. The summed E-state index contributed by atoms with van der Waals surface area (Å²) in [5.41, 5.74) is 2.40. The van der Waals surface area contributed by atoms with E-state index in [1.54, 1.807) is 18.5 Å². The monoisotopic (exact) mass is 364 g/mol. The van der Waals surface area contributed by atoms with Crippen molar-refractivity contribution in [3.63, 3.8) is 0 Å². The molecule has 0 aliphatic heterocycles. The lowest BCUT2D eigenvalue weighted by atomic mass is 10.2. The molecule has 1 N–H and O–H groups in total. The number of nitrogens with one attached hydrogen (secondary N) is 1. The fourth-order valence-corrected chi connectivity index (χ4v) is 3.51. The molecule has 130 valence electrons. The molecule has 0 unspecified atom stereocenters. The van der Waals surface area contributed by atoms with E-state index in [9.17, 15) is 4.79 Å². The summed E-state index contributed by atoms with van der Waals surface area (Å²) in [5, 5.41) is 9.32. The Morgan fingerprint density at radius 3 is 2.69 bits per heavy atom. The molecule has 0 bridgehead atoms. The van der Waals surface area contributed by atoms with Gasteiger partial charge in [0.1, 0.15) is 5.76 Å². The molecular formula is C19H16N4O2S. The third kappa shape index (κ3) is 3.09. The van der Waals surface area contributed by atoms with Gasteiger partial charge in [0.25, 0.3) is 0 Å². The van der Waals surface area contributed by atoms with Gasteiger partial charge >= 0.3 is 0 Å². The van der Waals surface area contributed by atoms with E-state index < -0.39 is 0 Å². The molecule has 3 aromatic heterocycles. The van der Waals surface area contributed by atoms with E-state index in [4.69, 9.17) is 4.42 Å². The van der Waals surface area contributed by atoms with Gasteiger partial charge in [0.15, 0.2) is 16.8 Å². The predicted octanol–water partition coefficient (Wildman–Crippen LogP) is 4.14. The highest BCUT2D eigenvalue weighted by molar-refractivity contribution is 7.99. The van der Waals surface area contributed by atoms with Crippen LogP contribution in [-0.4, -0.2) is 31.3 Å². The van der Waals surface area contributed by atoms with Crippen molar-refractivity contribution in [3.8, 4) is 17.1 Å². The van der Waals surface area contributed by atoms with E-state index in [1.165, 1.54) is 11.8 Å². The van der Waals surface area contributed by atoms with Gasteiger partial charge in [-0.05, 0) is 37.3 Å². The van der Waals surface area contributed by atoms with Crippen molar-refractivity contribution in [1.82, 2.24) is 19.7 Å². The predicted molar refractivity (Wildman–Crippen MR) is 99.6 cm³/mol. The Morgan fingerprint density at radius 1 is 1.15 bits per heavy atom. The highest BCUT2D eigenvalue weighted by atomic mass is 32.2. The van der Waals surface area contributed by atoms with Gasteiger partial charge < -0.3 is 9.40 Å².